The number of hydrogen-bond donors (Lipinski definition) is 1. The number of rotatable bonds is 5. The summed E-state index contributed by atoms with van der Waals surface area (Å²) in [6.07, 6.45) is 5.39. The van der Waals surface area contributed by atoms with E-state index in [4.69, 9.17) is 9.72 Å². The monoisotopic (exact) mass is 417 g/mol. The first-order chi connectivity index (χ1) is 15.1. The molecule has 0 unspecified atom stereocenters. The van der Waals surface area contributed by atoms with Gasteiger partial charge in [-0.15, -0.1) is 0 Å². The Morgan fingerprint density at radius 1 is 1.23 bits per heavy atom. The quantitative estimate of drug-likeness (QED) is 0.678. The average Bonchev–Trinajstić information content (AvgIpc) is 2.83. The first kappa shape index (κ1) is 20.8. The number of benzene rings is 1. The molecule has 1 aliphatic heterocycles. The second-order valence-electron chi connectivity index (χ2n) is 7.74. The Labute approximate surface area is 182 Å². The highest BCUT2D eigenvalue weighted by molar-refractivity contribution is 5.97. The van der Waals surface area contributed by atoms with E-state index in [1.807, 2.05) is 55.3 Å². The van der Waals surface area contributed by atoms with Gasteiger partial charge in [-0.3, -0.25) is 9.78 Å². The van der Waals surface area contributed by atoms with Crippen LogP contribution in [0.25, 0.3) is 11.4 Å². The third kappa shape index (κ3) is 4.35. The van der Waals surface area contributed by atoms with Crippen molar-refractivity contribution in [2.75, 3.05) is 32.6 Å². The summed E-state index contributed by atoms with van der Waals surface area (Å²) in [5.41, 5.74) is 3.37. The van der Waals surface area contributed by atoms with Crippen LogP contribution in [-0.2, 0) is 0 Å². The number of carbonyl (C=O) groups is 1. The van der Waals surface area contributed by atoms with Crippen molar-refractivity contribution < 1.29 is 9.53 Å². The van der Waals surface area contributed by atoms with Crippen molar-refractivity contribution in [2.24, 2.45) is 0 Å². The predicted molar refractivity (Wildman–Crippen MR) is 120 cm³/mol. The number of hydrogen-bond acceptors (Lipinski definition) is 6. The Morgan fingerprint density at radius 2 is 2.10 bits per heavy atom. The molecule has 1 saturated heterocycles. The number of piperidine rings is 1. The molecule has 1 N–H and O–H groups in total. The third-order valence-corrected chi connectivity index (χ3v) is 5.70. The molecule has 31 heavy (non-hydrogen) atoms. The predicted octanol–water partition coefficient (Wildman–Crippen LogP) is 3.92. The molecule has 1 aliphatic rings. The lowest BCUT2D eigenvalue weighted by molar-refractivity contribution is 0.0702. The van der Waals surface area contributed by atoms with Gasteiger partial charge in [-0.1, -0.05) is 12.1 Å². The number of para-hydroxylation sites is 1. The van der Waals surface area contributed by atoms with Gasteiger partial charge in [0, 0.05) is 50.1 Å². The number of carbonyl (C=O) groups excluding carboxylic acids is 1. The molecule has 3 heterocycles. The molecule has 1 amide bonds. The molecule has 0 spiro atoms. The number of amides is 1. The molecule has 2 aromatic heterocycles. The molecule has 7 heteroatoms. The molecule has 160 valence electrons. The SMILES string of the molecule is CNc1cc([C@@H]2CCCN(C(=O)c3cccc(C)c3OC)C2)nc(-c2cccnc2)n1. The summed E-state index contributed by atoms with van der Waals surface area (Å²) in [6.45, 7) is 3.29. The molecular weight excluding hydrogens is 390 g/mol. The van der Waals surface area contributed by atoms with Gasteiger partial charge in [0.1, 0.15) is 11.6 Å². The van der Waals surface area contributed by atoms with E-state index in [0.717, 1.165) is 42.0 Å². The fourth-order valence-corrected chi connectivity index (χ4v) is 4.09. The molecule has 0 saturated carbocycles. The largest absolute Gasteiger partial charge is 0.496 e. The van der Waals surface area contributed by atoms with E-state index in [-0.39, 0.29) is 11.8 Å². The Morgan fingerprint density at radius 3 is 2.84 bits per heavy atom. The summed E-state index contributed by atoms with van der Waals surface area (Å²) in [6, 6.07) is 11.5. The Hall–Kier alpha value is -3.48. The lowest BCUT2D eigenvalue weighted by Gasteiger charge is -2.33. The first-order valence-corrected chi connectivity index (χ1v) is 10.5. The first-order valence-electron chi connectivity index (χ1n) is 10.5. The molecule has 0 radical (unpaired) electrons. The number of aromatic nitrogens is 3. The smallest absolute Gasteiger partial charge is 0.257 e. The summed E-state index contributed by atoms with van der Waals surface area (Å²) >= 11 is 0. The second-order valence-corrected chi connectivity index (χ2v) is 7.74. The second kappa shape index (κ2) is 9.12. The van der Waals surface area contributed by atoms with Crippen molar-refractivity contribution in [1.82, 2.24) is 19.9 Å². The van der Waals surface area contributed by atoms with Crippen molar-refractivity contribution in [1.29, 1.82) is 0 Å². The zero-order valence-electron chi connectivity index (χ0n) is 18.1. The van der Waals surface area contributed by atoms with Crippen LogP contribution in [0, 0.1) is 6.92 Å². The van der Waals surface area contributed by atoms with Crippen LogP contribution in [0.1, 0.15) is 40.4 Å². The molecule has 1 atom stereocenters. The number of likely N-dealkylation sites (tertiary alicyclic amines) is 1. The average molecular weight is 418 g/mol. The van der Waals surface area contributed by atoms with E-state index in [9.17, 15) is 4.79 Å². The van der Waals surface area contributed by atoms with Gasteiger partial charge in [0.2, 0.25) is 0 Å². The van der Waals surface area contributed by atoms with Crippen molar-refractivity contribution in [3.63, 3.8) is 0 Å². The van der Waals surface area contributed by atoms with Crippen molar-refractivity contribution in [2.45, 2.75) is 25.7 Å². The maximum Gasteiger partial charge on any atom is 0.257 e. The van der Waals surface area contributed by atoms with Crippen LogP contribution in [-0.4, -0.2) is 53.0 Å². The van der Waals surface area contributed by atoms with Crippen molar-refractivity contribution in [3.05, 3.63) is 65.6 Å². The van der Waals surface area contributed by atoms with Crippen LogP contribution in [0.2, 0.25) is 0 Å². The molecular formula is C24H27N5O2. The summed E-state index contributed by atoms with van der Waals surface area (Å²) in [5.74, 6) is 2.18. The zero-order valence-corrected chi connectivity index (χ0v) is 18.1. The lowest BCUT2D eigenvalue weighted by Crippen LogP contribution is -2.39. The lowest BCUT2D eigenvalue weighted by atomic mass is 9.93. The van der Waals surface area contributed by atoms with E-state index in [0.29, 0.717) is 23.7 Å². The van der Waals surface area contributed by atoms with Gasteiger partial charge in [-0.25, -0.2) is 9.97 Å². The van der Waals surface area contributed by atoms with E-state index in [1.54, 1.807) is 19.5 Å². The number of nitrogens with one attached hydrogen (secondary N) is 1. The molecule has 3 aromatic rings. The maximum absolute atomic E-state index is 13.3. The molecule has 1 aromatic carbocycles. The molecule has 1 fully saturated rings. The van der Waals surface area contributed by atoms with Crippen LogP contribution in [0.5, 0.6) is 5.75 Å². The van der Waals surface area contributed by atoms with Crippen molar-refractivity contribution >= 4 is 11.7 Å². The summed E-state index contributed by atoms with van der Waals surface area (Å²) in [4.78, 5) is 28.8. The molecule has 0 bridgehead atoms. The van der Waals surface area contributed by atoms with Gasteiger partial charge >= 0.3 is 0 Å². The highest BCUT2D eigenvalue weighted by atomic mass is 16.5. The topological polar surface area (TPSA) is 80.2 Å². The summed E-state index contributed by atoms with van der Waals surface area (Å²) < 4.78 is 5.51. The van der Waals surface area contributed by atoms with Gasteiger partial charge in [-0.05, 0) is 43.5 Å². The minimum Gasteiger partial charge on any atom is -0.496 e. The fraction of sp³-hybridized carbons (Fsp3) is 0.333. The normalized spacial score (nSPS) is 16.1. The number of methoxy groups -OCH3 is 1. The van der Waals surface area contributed by atoms with E-state index < -0.39 is 0 Å². The summed E-state index contributed by atoms with van der Waals surface area (Å²) in [5, 5.41) is 3.13. The van der Waals surface area contributed by atoms with E-state index in [2.05, 4.69) is 15.3 Å². The molecule has 4 rings (SSSR count). The highest BCUT2D eigenvalue weighted by Crippen LogP contribution is 2.31. The highest BCUT2D eigenvalue weighted by Gasteiger charge is 2.28. The minimum atomic E-state index is 0.000582. The maximum atomic E-state index is 13.3. The van der Waals surface area contributed by atoms with Crippen LogP contribution in [0.15, 0.2) is 48.8 Å². The number of anilines is 1. The third-order valence-electron chi connectivity index (χ3n) is 5.70. The number of aryl methyl sites for hydroxylation is 1. The van der Waals surface area contributed by atoms with E-state index in [1.165, 1.54) is 0 Å². The number of pyridine rings is 1. The standard InChI is InChI=1S/C24H27N5O2/c1-16-7-4-10-19(22(16)31-3)24(30)29-12-6-9-18(15-29)20-13-21(25-2)28-23(27-20)17-8-5-11-26-14-17/h4-5,7-8,10-11,13-14,18H,6,9,12,15H2,1-3H3,(H,25,27,28)/t18-/m1/s1. The van der Waals surface area contributed by atoms with Crippen LogP contribution < -0.4 is 10.1 Å². The number of ether oxygens (including phenoxy) is 1. The van der Waals surface area contributed by atoms with Crippen LogP contribution in [0.3, 0.4) is 0 Å². The Balaban J connectivity index is 1.62. The van der Waals surface area contributed by atoms with Gasteiger partial charge in [0.15, 0.2) is 5.82 Å². The zero-order chi connectivity index (χ0) is 21.8. The van der Waals surface area contributed by atoms with Crippen LogP contribution in [0.4, 0.5) is 5.82 Å². The Bertz CT molecular complexity index is 1070. The fourth-order valence-electron chi connectivity index (χ4n) is 4.09. The van der Waals surface area contributed by atoms with Gasteiger partial charge in [0.05, 0.1) is 18.4 Å². The number of nitrogens with zero attached hydrogens (tertiary/aromatic N) is 4. The van der Waals surface area contributed by atoms with Crippen molar-refractivity contribution in [3.8, 4) is 17.1 Å². The molecule has 7 nitrogen and oxygen atoms in total. The summed E-state index contributed by atoms with van der Waals surface area (Å²) in [7, 11) is 3.46. The van der Waals surface area contributed by atoms with Gasteiger partial charge < -0.3 is 15.0 Å². The van der Waals surface area contributed by atoms with E-state index >= 15 is 0 Å². The minimum absolute atomic E-state index is 0.000582. The Kier molecular flexibility index (Phi) is 6.11. The molecule has 0 aliphatic carbocycles. The van der Waals surface area contributed by atoms with Gasteiger partial charge in [0.25, 0.3) is 5.91 Å². The van der Waals surface area contributed by atoms with Gasteiger partial charge in [-0.2, -0.15) is 0 Å². The van der Waals surface area contributed by atoms with Crippen LogP contribution >= 0.6 is 0 Å².